The third-order valence-corrected chi connectivity index (χ3v) is 3.94. The monoisotopic (exact) mass is 241 g/mol. The number of carbonyl (C=O) groups excluding carboxylic acids is 1. The predicted molar refractivity (Wildman–Crippen MR) is 65.7 cm³/mol. The molecule has 2 heterocycles. The number of β-amino-alcohol motifs (C(OH)–C–C–N with tert-alkyl or cyclic N) is 1. The standard InChI is InChI=1S/C12H23N3O2/c1-10-11(2-3-13-10)12(17)15-6-4-14(5-7-15)8-9-16/h10-11,13,16H,2-9H2,1H3. The summed E-state index contributed by atoms with van der Waals surface area (Å²) in [4.78, 5) is 16.5. The van der Waals surface area contributed by atoms with Gasteiger partial charge >= 0.3 is 0 Å². The molecule has 2 rings (SSSR count). The zero-order valence-electron chi connectivity index (χ0n) is 10.6. The second kappa shape index (κ2) is 5.80. The number of aliphatic hydroxyl groups is 1. The van der Waals surface area contributed by atoms with Crippen molar-refractivity contribution < 1.29 is 9.90 Å². The van der Waals surface area contributed by atoms with E-state index in [2.05, 4.69) is 17.1 Å². The maximum Gasteiger partial charge on any atom is 0.227 e. The molecule has 98 valence electrons. The van der Waals surface area contributed by atoms with E-state index in [0.717, 1.165) is 45.7 Å². The Labute approximate surface area is 103 Å². The van der Waals surface area contributed by atoms with Crippen LogP contribution in [0.5, 0.6) is 0 Å². The van der Waals surface area contributed by atoms with Gasteiger partial charge in [-0.1, -0.05) is 0 Å². The minimum Gasteiger partial charge on any atom is -0.395 e. The van der Waals surface area contributed by atoms with Crippen LogP contribution in [-0.4, -0.2) is 72.7 Å². The number of amides is 1. The first-order chi connectivity index (χ1) is 8.22. The van der Waals surface area contributed by atoms with Crippen molar-refractivity contribution in [3.8, 4) is 0 Å². The Hall–Kier alpha value is -0.650. The summed E-state index contributed by atoms with van der Waals surface area (Å²) < 4.78 is 0. The van der Waals surface area contributed by atoms with Gasteiger partial charge < -0.3 is 15.3 Å². The molecule has 5 heteroatoms. The van der Waals surface area contributed by atoms with Crippen molar-refractivity contribution in [2.75, 3.05) is 45.9 Å². The van der Waals surface area contributed by atoms with Crippen LogP contribution in [0.25, 0.3) is 0 Å². The fraction of sp³-hybridized carbons (Fsp3) is 0.917. The van der Waals surface area contributed by atoms with Crippen molar-refractivity contribution >= 4 is 5.91 Å². The van der Waals surface area contributed by atoms with Crippen LogP contribution in [0.4, 0.5) is 0 Å². The quantitative estimate of drug-likeness (QED) is 0.674. The Kier molecular flexibility index (Phi) is 4.36. The van der Waals surface area contributed by atoms with Gasteiger partial charge in [-0.25, -0.2) is 0 Å². The lowest BCUT2D eigenvalue weighted by Crippen LogP contribution is -2.51. The van der Waals surface area contributed by atoms with Crippen molar-refractivity contribution in [3.05, 3.63) is 0 Å². The molecule has 5 nitrogen and oxygen atoms in total. The van der Waals surface area contributed by atoms with Crippen molar-refractivity contribution in [2.45, 2.75) is 19.4 Å². The minimum absolute atomic E-state index is 0.166. The van der Waals surface area contributed by atoms with Gasteiger partial charge in [-0.05, 0) is 19.9 Å². The van der Waals surface area contributed by atoms with Crippen LogP contribution >= 0.6 is 0 Å². The molecule has 2 aliphatic rings. The van der Waals surface area contributed by atoms with Crippen LogP contribution < -0.4 is 5.32 Å². The first kappa shape index (κ1) is 12.8. The molecule has 0 radical (unpaired) electrons. The van der Waals surface area contributed by atoms with Crippen molar-refractivity contribution in [1.82, 2.24) is 15.1 Å². The van der Waals surface area contributed by atoms with Crippen LogP contribution in [0.2, 0.25) is 0 Å². The Morgan fingerprint density at radius 2 is 2.06 bits per heavy atom. The Morgan fingerprint density at radius 3 is 2.59 bits per heavy atom. The molecule has 0 aliphatic carbocycles. The minimum atomic E-state index is 0.166. The lowest BCUT2D eigenvalue weighted by molar-refractivity contribution is -0.137. The SMILES string of the molecule is CC1NCCC1C(=O)N1CCN(CCO)CC1. The number of carbonyl (C=O) groups is 1. The van der Waals surface area contributed by atoms with Gasteiger partial charge in [0.15, 0.2) is 0 Å². The molecule has 1 amide bonds. The first-order valence-corrected chi connectivity index (χ1v) is 6.57. The van der Waals surface area contributed by atoms with Gasteiger partial charge in [0.05, 0.1) is 12.5 Å². The first-order valence-electron chi connectivity index (χ1n) is 6.57. The number of hydrogen-bond acceptors (Lipinski definition) is 4. The average molecular weight is 241 g/mol. The molecule has 17 heavy (non-hydrogen) atoms. The van der Waals surface area contributed by atoms with Gasteiger partial charge in [-0.2, -0.15) is 0 Å². The molecule has 0 bridgehead atoms. The zero-order chi connectivity index (χ0) is 12.3. The molecule has 2 saturated heterocycles. The van der Waals surface area contributed by atoms with Crippen LogP contribution in [0, 0.1) is 5.92 Å². The summed E-state index contributed by atoms with van der Waals surface area (Å²) in [6.07, 6.45) is 0.969. The fourth-order valence-corrected chi connectivity index (χ4v) is 2.76. The predicted octanol–water partition coefficient (Wildman–Crippen LogP) is -0.879. The van der Waals surface area contributed by atoms with E-state index in [1.54, 1.807) is 0 Å². The summed E-state index contributed by atoms with van der Waals surface area (Å²) >= 11 is 0. The van der Waals surface area contributed by atoms with Gasteiger partial charge in [0, 0.05) is 38.8 Å². The number of rotatable bonds is 3. The molecular formula is C12H23N3O2. The highest BCUT2D eigenvalue weighted by Crippen LogP contribution is 2.19. The zero-order valence-corrected chi connectivity index (χ0v) is 10.6. The molecule has 0 saturated carbocycles. The van der Waals surface area contributed by atoms with Gasteiger partial charge in [-0.15, -0.1) is 0 Å². The summed E-state index contributed by atoms with van der Waals surface area (Å²) in [7, 11) is 0. The fourth-order valence-electron chi connectivity index (χ4n) is 2.76. The van der Waals surface area contributed by atoms with Gasteiger partial charge in [0.25, 0.3) is 0 Å². The van der Waals surface area contributed by atoms with E-state index >= 15 is 0 Å². The number of nitrogens with one attached hydrogen (secondary N) is 1. The van der Waals surface area contributed by atoms with Crippen LogP contribution in [-0.2, 0) is 4.79 Å². The van der Waals surface area contributed by atoms with E-state index < -0.39 is 0 Å². The van der Waals surface area contributed by atoms with Crippen molar-refractivity contribution in [1.29, 1.82) is 0 Å². The molecule has 2 aliphatic heterocycles. The summed E-state index contributed by atoms with van der Waals surface area (Å²) in [6.45, 7) is 7.38. The largest absolute Gasteiger partial charge is 0.395 e. The molecule has 2 fully saturated rings. The van der Waals surface area contributed by atoms with Crippen molar-refractivity contribution in [2.24, 2.45) is 5.92 Å². The summed E-state index contributed by atoms with van der Waals surface area (Å²) in [5.41, 5.74) is 0. The smallest absolute Gasteiger partial charge is 0.227 e. The number of piperazine rings is 1. The highest BCUT2D eigenvalue weighted by molar-refractivity contribution is 5.80. The Bertz CT molecular complexity index is 264. The lowest BCUT2D eigenvalue weighted by Gasteiger charge is -2.36. The van der Waals surface area contributed by atoms with E-state index in [-0.39, 0.29) is 12.5 Å². The van der Waals surface area contributed by atoms with Crippen LogP contribution in [0.3, 0.4) is 0 Å². The molecule has 0 spiro atoms. The van der Waals surface area contributed by atoms with Crippen LogP contribution in [0.1, 0.15) is 13.3 Å². The normalized spacial score (nSPS) is 30.8. The second-order valence-electron chi connectivity index (χ2n) is 5.03. The molecule has 2 unspecified atom stereocenters. The third-order valence-electron chi connectivity index (χ3n) is 3.94. The molecule has 0 aromatic rings. The van der Waals surface area contributed by atoms with E-state index in [1.165, 1.54) is 0 Å². The topological polar surface area (TPSA) is 55.8 Å². The highest BCUT2D eigenvalue weighted by atomic mass is 16.3. The van der Waals surface area contributed by atoms with E-state index in [4.69, 9.17) is 5.11 Å². The Morgan fingerprint density at radius 1 is 1.35 bits per heavy atom. The van der Waals surface area contributed by atoms with E-state index in [9.17, 15) is 4.79 Å². The van der Waals surface area contributed by atoms with E-state index in [0.29, 0.717) is 11.9 Å². The maximum atomic E-state index is 12.3. The Balaban J connectivity index is 1.82. The van der Waals surface area contributed by atoms with Crippen molar-refractivity contribution in [3.63, 3.8) is 0 Å². The third kappa shape index (κ3) is 2.97. The molecule has 2 atom stereocenters. The van der Waals surface area contributed by atoms with Crippen LogP contribution in [0.15, 0.2) is 0 Å². The molecule has 0 aromatic heterocycles. The summed E-state index contributed by atoms with van der Waals surface area (Å²) in [5.74, 6) is 0.477. The maximum absolute atomic E-state index is 12.3. The molecular weight excluding hydrogens is 218 g/mol. The lowest BCUT2D eigenvalue weighted by atomic mass is 10.00. The van der Waals surface area contributed by atoms with E-state index in [1.807, 2.05) is 4.90 Å². The highest BCUT2D eigenvalue weighted by Gasteiger charge is 2.33. The average Bonchev–Trinajstić information content (AvgIpc) is 2.76. The number of hydrogen-bond donors (Lipinski definition) is 2. The number of aliphatic hydroxyl groups excluding tert-OH is 1. The summed E-state index contributed by atoms with van der Waals surface area (Å²) in [5, 5.41) is 12.2. The number of nitrogens with zero attached hydrogens (tertiary/aromatic N) is 2. The van der Waals surface area contributed by atoms with Gasteiger partial charge in [0.1, 0.15) is 0 Å². The molecule has 0 aromatic carbocycles. The van der Waals surface area contributed by atoms with Gasteiger partial charge in [0.2, 0.25) is 5.91 Å². The second-order valence-corrected chi connectivity index (χ2v) is 5.03. The molecule has 2 N–H and O–H groups in total. The van der Waals surface area contributed by atoms with Gasteiger partial charge in [-0.3, -0.25) is 9.69 Å². The summed E-state index contributed by atoms with van der Waals surface area (Å²) in [6, 6.07) is 0.318.